The van der Waals surface area contributed by atoms with Crippen LogP contribution in [-0.4, -0.2) is 42.8 Å². The van der Waals surface area contributed by atoms with Gasteiger partial charge in [0.2, 0.25) is 5.91 Å². The van der Waals surface area contributed by atoms with Crippen molar-refractivity contribution in [3.05, 3.63) is 22.4 Å². The van der Waals surface area contributed by atoms with Crippen molar-refractivity contribution < 1.29 is 9.59 Å². The van der Waals surface area contributed by atoms with E-state index in [1.165, 1.54) is 11.3 Å². The van der Waals surface area contributed by atoms with Crippen molar-refractivity contribution in [1.29, 1.82) is 0 Å². The summed E-state index contributed by atoms with van der Waals surface area (Å²) in [5.41, 5.74) is 0. The van der Waals surface area contributed by atoms with Crippen LogP contribution in [0, 0.1) is 0 Å². The third-order valence-corrected chi connectivity index (χ3v) is 3.70. The molecule has 1 aliphatic heterocycles. The molecule has 0 aromatic carbocycles. The van der Waals surface area contributed by atoms with Crippen LogP contribution in [0.1, 0.15) is 22.5 Å². The van der Waals surface area contributed by atoms with Crippen LogP contribution in [0.5, 0.6) is 0 Å². The summed E-state index contributed by atoms with van der Waals surface area (Å²) in [7, 11) is 0. The lowest BCUT2D eigenvalue weighted by atomic mass is 10.2. The van der Waals surface area contributed by atoms with E-state index in [4.69, 9.17) is 0 Å². The van der Waals surface area contributed by atoms with Crippen LogP contribution in [0.4, 0.5) is 0 Å². The van der Waals surface area contributed by atoms with Crippen molar-refractivity contribution in [3.63, 3.8) is 0 Å². The van der Waals surface area contributed by atoms with E-state index in [2.05, 4.69) is 10.2 Å². The second-order valence-electron chi connectivity index (χ2n) is 4.13. The average Bonchev–Trinajstić information content (AvgIpc) is 2.82. The molecule has 0 bridgehead atoms. The molecule has 5 heteroatoms. The summed E-state index contributed by atoms with van der Waals surface area (Å²) >= 11 is 1.49. The fourth-order valence-electron chi connectivity index (χ4n) is 1.91. The quantitative estimate of drug-likeness (QED) is 0.800. The van der Waals surface area contributed by atoms with Crippen molar-refractivity contribution in [2.45, 2.75) is 12.8 Å². The molecule has 1 aromatic rings. The number of Topliss-reactive ketones (excluding diaryl/α,β-unsaturated/α-hetero) is 1. The Labute approximate surface area is 105 Å². The largest absolute Gasteiger partial charge is 0.354 e. The molecule has 1 fully saturated rings. The standard InChI is InChI=1S/C12H16N2O2S/c15-10(11-4-2-8-17-11)3-1-6-14-7-5-13-12(16)9-14/h2,4,8H,1,3,5-7,9H2,(H,13,16). The van der Waals surface area contributed by atoms with E-state index in [1.807, 2.05) is 17.5 Å². The summed E-state index contributed by atoms with van der Waals surface area (Å²) < 4.78 is 0. The highest BCUT2D eigenvalue weighted by molar-refractivity contribution is 7.12. The van der Waals surface area contributed by atoms with E-state index in [0.717, 1.165) is 30.9 Å². The second kappa shape index (κ2) is 5.93. The zero-order valence-corrected chi connectivity index (χ0v) is 10.5. The number of hydrogen-bond acceptors (Lipinski definition) is 4. The minimum atomic E-state index is 0.0841. The molecule has 0 atom stereocenters. The number of nitrogens with one attached hydrogen (secondary N) is 1. The van der Waals surface area contributed by atoms with Crippen molar-refractivity contribution >= 4 is 23.0 Å². The van der Waals surface area contributed by atoms with Crippen LogP contribution in [0.15, 0.2) is 17.5 Å². The van der Waals surface area contributed by atoms with E-state index in [9.17, 15) is 9.59 Å². The van der Waals surface area contributed by atoms with Crippen LogP contribution in [0.25, 0.3) is 0 Å². The Morgan fingerprint density at radius 1 is 1.53 bits per heavy atom. The zero-order chi connectivity index (χ0) is 12.1. The molecule has 0 saturated carbocycles. The highest BCUT2D eigenvalue weighted by Crippen LogP contribution is 2.12. The minimum absolute atomic E-state index is 0.0841. The van der Waals surface area contributed by atoms with Gasteiger partial charge in [-0.1, -0.05) is 6.07 Å². The Hall–Kier alpha value is -1.20. The SMILES string of the molecule is O=C1CN(CCCC(=O)c2cccs2)CCN1. The molecule has 4 nitrogen and oxygen atoms in total. The van der Waals surface area contributed by atoms with Gasteiger partial charge in [-0.05, 0) is 24.4 Å². The molecule has 0 radical (unpaired) electrons. The van der Waals surface area contributed by atoms with Crippen LogP contribution >= 0.6 is 11.3 Å². The van der Waals surface area contributed by atoms with Gasteiger partial charge in [0.15, 0.2) is 5.78 Å². The third-order valence-electron chi connectivity index (χ3n) is 2.79. The van der Waals surface area contributed by atoms with Crippen molar-refractivity contribution in [3.8, 4) is 0 Å². The van der Waals surface area contributed by atoms with Gasteiger partial charge in [0.1, 0.15) is 0 Å². The van der Waals surface area contributed by atoms with E-state index < -0.39 is 0 Å². The molecule has 1 amide bonds. The summed E-state index contributed by atoms with van der Waals surface area (Å²) in [6, 6.07) is 3.76. The first kappa shape index (κ1) is 12.3. The predicted molar refractivity (Wildman–Crippen MR) is 67.3 cm³/mol. The molecule has 92 valence electrons. The fraction of sp³-hybridized carbons (Fsp3) is 0.500. The van der Waals surface area contributed by atoms with E-state index in [0.29, 0.717) is 13.0 Å². The van der Waals surface area contributed by atoms with E-state index in [-0.39, 0.29) is 11.7 Å². The molecule has 2 rings (SSSR count). The Morgan fingerprint density at radius 2 is 2.41 bits per heavy atom. The van der Waals surface area contributed by atoms with Gasteiger partial charge in [-0.15, -0.1) is 11.3 Å². The monoisotopic (exact) mass is 252 g/mol. The summed E-state index contributed by atoms with van der Waals surface area (Å²) in [6.45, 7) is 2.90. The lowest BCUT2D eigenvalue weighted by Gasteiger charge is -2.26. The first-order chi connectivity index (χ1) is 8.25. The van der Waals surface area contributed by atoms with E-state index in [1.54, 1.807) is 0 Å². The highest BCUT2D eigenvalue weighted by Gasteiger charge is 2.15. The normalized spacial score (nSPS) is 16.8. The molecular weight excluding hydrogens is 236 g/mol. The lowest BCUT2D eigenvalue weighted by Crippen LogP contribution is -2.47. The number of carbonyl (C=O) groups excluding carboxylic acids is 2. The van der Waals surface area contributed by atoms with Gasteiger partial charge < -0.3 is 5.32 Å². The number of nitrogens with zero attached hydrogens (tertiary/aromatic N) is 1. The molecule has 1 N–H and O–H groups in total. The summed E-state index contributed by atoms with van der Waals surface area (Å²) in [6.07, 6.45) is 1.39. The van der Waals surface area contributed by atoms with Crippen LogP contribution in [0.2, 0.25) is 0 Å². The summed E-state index contributed by atoms with van der Waals surface area (Å²) in [5, 5.41) is 4.71. The van der Waals surface area contributed by atoms with Crippen LogP contribution in [0.3, 0.4) is 0 Å². The molecule has 1 aliphatic rings. The number of rotatable bonds is 5. The maximum Gasteiger partial charge on any atom is 0.234 e. The summed E-state index contributed by atoms with van der Waals surface area (Å²) in [5.74, 6) is 0.294. The predicted octanol–water partition coefficient (Wildman–Crippen LogP) is 1.14. The number of amides is 1. The number of hydrogen-bond donors (Lipinski definition) is 1. The maximum atomic E-state index is 11.7. The molecule has 2 heterocycles. The molecular formula is C12H16N2O2S. The fourth-order valence-corrected chi connectivity index (χ4v) is 2.60. The maximum absolute atomic E-state index is 11.7. The molecule has 1 aromatic heterocycles. The number of piperazine rings is 1. The van der Waals surface area contributed by atoms with Crippen LogP contribution < -0.4 is 5.32 Å². The number of carbonyl (C=O) groups is 2. The van der Waals surface area contributed by atoms with Gasteiger partial charge in [0, 0.05) is 19.5 Å². The van der Waals surface area contributed by atoms with Gasteiger partial charge in [0.05, 0.1) is 11.4 Å². The molecule has 0 unspecified atom stereocenters. The Morgan fingerprint density at radius 3 is 3.12 bits per heavy atom. The van der Waals surface area contributed by atoms with Gasteiger partial charge in [-0.3, -0.25) is 14.5 Å². The molecule has 1 saturated heterocycles. The van der Waals surface area contributed by atoms with E-state index >= 15 is 0 Å². The van der Waals surface area contributed by atoms with Crippen LogP contribution in [-0.2, 0) is 4.79 Å². The third kappa shape index (κ3) is 3.64. The van der Waals surface area contributed by atoms with Crippen molar-refractivity contribution in [2.75, 3.05) is 26.2 Å². The lowest BCUT2D eigenvalue weighted by molar-refractivity contribution is -0.124. The van der Waals surface area contributed by atoms with Gasteiger partial charge in [-0.2, -0.15) is 0 Å². The molecule has 17 heavy (non-hydrogen) atoms. The Kier molecular flexibility index (Phi) is 4.28. The zero-order valence-electron chi connectivity index (χ0n) is 9.65. The average molecular weight is 252 g/mol. The topological polar surface area (TPSA) is 49.4 Å². The summed E-state index contributed by atoms with van der Waals surface area (Å²) in [4.78, 5) is 25.8. The van der Waals surface area contributed by atoms with Gasteiger partial charge >= 0.3 is 0 Å². The number of thiophene rings is 1. The number of ketones is 1. The van der Waals surface area contributed by atoms with Gasteiger partial charge in [-0.25, -0.2) is 0 Å². The minimum Gasteiger partial charge on any atom is -0.354 e. The molecule has 0 spiro atoms. The smallest absolute Gasteiger partial charge is 0.234 e. The Bertz CT molecular complexity index is 389. The molecule has 0 aliphatic carbocycles. The first-order valence-electron chi connectivity index (χ1n) is 5.81. The van der Waals surface area contributed by atoms with Gasteiger partial charge in [0.25, 0.3) is 0 Å². The second-order valence-corrected chi connectivity index (χ2v) is 5.08. The highest BCUT2D eigenvalue weighted by atomic mass is 32.1. The first-order valence-corrected chi connectivity index (χ1v) is 6.69. The van der Waals surface area contributed by atoms with Crippen molar-refractivity contribution in [1.82, 2.24) is 10.2 Å². The van der Waals surface area contributed by atoms with Crippen molar-refractivity contribution in [2.24, 2.45) is 0 Å². The Balaban J connectivity index is 1.69.